The van der Waals surface area contributed by atoms with E-state index in [2.05, 4.69) is 17.6 Å². The van der Waals surface area contributed by atoms with Crippen LogP contribution in [0, 0.1) is 24.7 Å². The van der Waals surface area contributed by atoms with E-state index < -0.39 is 29.6 Å². The SMILES string of the molecule is Cc1cccc(NC(=O)C2[C@H]3C=CC4(O3)C(C(=O)NC3CCCCC3C)N(Cc3ccccc3Cl)C(=O)[C@@H]24)c1. The van der Waals surface area contributed by atoms with Gasteiger partial charge in [0.2, 0.25) is 17.7 Å². The number of amides is 3. The molecule has 2 aromatic rings. The van der Waals surface area contributed by atoms with Gasteiger partial charge in [-0.2, -0.15) is 0 Å². The van der Waals surface area contributed by atoms with Crippen molar-refractivity contribution in [3.63, 3.8) is 0 Å². The summed E-state index contributed by atoms with van der Waals surface area (Å²) >= 11 is 6.48. The van der Waals surface area contributed by atoms with Crippen LogP contribution < -0.4 is 10.6 Å². The first-order chi connectivity index (χ1) is 18.8. The summed E-state index contributed by atoms with van der Waals surface area (Å²) in [5.74, 6) is -1.98. The molecule has 7 atom stereocenters. The summed E-state index contributed by atoms with van der Waals surface area (Å²) in [5, 5.41) is 6.77. The minimum atomic E-state index is -1.21. The average molecular weight is 548 g/mol. The molecule has 4 aliphatic rings. The first kappa shape index (κ1) is 26.1. The molecule has 5 unspecified atom stereocenters. The van der Waals surface area contributed by atoms with Gasteiger partial charge in [0.05, 0.1) is 17.9 Å². The summed E-state index contributed by atoms with van der Waals surface area (Å²) in [5.41, 5.74) is 1.22. The number of aryl methyl sites for hydroxylation is 1. The molecular weight excluding hydrogens is 514 g/mol. The summed E-state index contributed by atoms with van der Waals surface area (Å²) in [6, 6.07) is 14.0. The number of halogens is 1. The van der Waals surface area contributed by atoms with Crippen molar-refractivity contribution in [2.45, 2.75) is 69.9 Å². The molecule has 2 bridgehead atoms. The van der Waals surface area contributed by atoms with Gasteiger partial charge < -0.3 is 20.3 Å². The number of nitrogens with one attached hydrogen (secondary N) is 2. The van der Waals surface area contributed by atoms with Gasteiger partial charge in [-0.05, 0) is 55.0 Å². The first-order valence-electron chi connectivity index (χ1n) is 13.9. The number of nitrogens with zero attached hydrogens (tertiary/aromatic N) is 1. The maximum atomic E-state index is 14.2. The number of rotatable bonds is 6. The molecule has 0 radical (unpaired) electrons. The molecule has 1 saturated carbocycles. The lowest BCUT2D eigenvalue weighted by Gasteiger charge is -2.36. The first-order valence-corrected chi connectivity index (χ1v) is 14.3. The van der Waals surface area contributed by atoms with E-state index in [1.807, 2.05) is 61.5 Å². The van der Waals surface area contributed by atoms with E-state index in [9.17, 15) is 14.4 Å². The third-order valence-corrected chi connectivity index (χ3v) is 9.32. The molecule has 6 rings (SSSR count). The molecule has 1 spiro atoms. The Morgan fingerprint density at radius 3 is 2.67 bits per heavy atom. The van der Waals surface area contributed by atoms with Crippen LogP contribution in [-0.4, -0.2) is 46.4 Å². The van der Waals surface area contributed by atoms with Crippen molar-refractivity contribution in [1.82, 2.24) is 10.2 Å². The minimum absolute atomic E-state index is 0.0435. The van der Waals surface area contributed by atoms with E-state index >= 15 is 0 Å². The van der Waals surface area contributed by atoms with Crippen LogP contribution in [0.1, 0.15) is 43.7 Å². The molecule has 2 aromatic carbocycles. The molecule has 8 heteroatoms. The zero-order valence-electron chi connectivity index (χ0n) is 22.2. The third-order valence-electron chi connectivity index (χ3n) is 8.95. The van der Waals surface area contributed by atoms with Crippen LogP contribution in [0.25, 0.3) is 0 Å². The quantitative estimate of drug-likeness (QED) is 0.516. The molecule has 1 aliphatic carbocycles. The number of likely N-dealkylation sites (tertiary alicyclic amines) is 1. The highest BCUT2D eigenvalue weighted by Gasteiger charge is 2.72. The van der Waals surface area contributed by atoms with Crippen LogP contribution in [0.2, 0.25) is 5.02 Å². The predicted octanol–water partition coefficient (Wildman–Crippen LogP) is 4.63. The van der Waals surface area contributed by atoms with Gasteiger partial charge in [-0.15, -0.1) is 0 Å². The number of carbonyl (C=O) groups is 3. The summed E-state index contributed by atoms with van der Waals surface area (Å²) in [7, 11) is 0. The van der Waals surface area contributed by atoms with Crippen molar-refractivity contribution in [3.8, 4) is 0 Å². The van der Waals surface area contributed by atoms with Gasteiger partial charge in [-0.3, -0.25) is 14.4 Å². The molecule has 7 nitrogen and oxygen atoms in total. The van der Waals surface area contributed by atoms with Crippen LogP contribution in [0.5, 0.6) is 0 Å². The molecule has 2 N–H and O–H groups in total. The second-order valence-corrected chi connectivity index (χ2v) is 11.9. The fourth-order valence-electron chi connectivity index (χ4n) is 6.99. The standard InChI is InChI=1S/C31H34ClN3O4/c1-18-8-7-11-21(16-18)33-28(36)25-24-14-15-31(39-24)26(25)30(38)35(17-20-10-4-5-12-22(20)32)27(31)29(37)34-23-13-6-3-9-19(23)2/h4-5,7-8,10-12,14-16,19,23-27H,3,6,9,13,17H2,1-2H3,(H,33,36)(H,34,37)/t19?,23?,24-,25?,26-,27?,31?/m1/s1. The lowest BCUT2D eigenvalue weighted by Crippen LogP contribution is -2.57. The highest BCUT2D eigenvalue weighted by molar-refractivity contribution is 6.31. The van der Waals surface area contributed by atoms with Crippen LogP contribution in [-0.2, 0) is 25.7 Å². The second kappa shape index (κ2) is 10.1. The summed E-state index contributed by atoms with van der Waals surface area (Å²) in [6.45, 7) is 4.27. The third kappa shape index (κ3) is 4.45. The van der Waals surface area contributed by atoms with Crippen molar-refractivity contribution < 1.29 is 19.1 Å². The Labute approximate surface area is 233 Å². The number of ether oxygens (including phenoxy) is 1. The lowest BCUT2D eigenvalue weighted by molar-refractivity contribution is -0.142. The average Bonchev–Trinajstić information content (AvgIpc) is 3.54. The topological polar surface area (TPSA) is 87.7 Å². The van der Waals surface area contributed by atoms with Gasteiger partial charge in [0.25, 0.3) is 0 Å². The highest BCUT2D eigenvalue weighted by Crippen LogP contribution is 2.55. The lowest BCUT2D eigenvalue weighted by atomic mass is 9.74. The molecule has 39 heavy (non-hydrogen) atoms. The van der Waals surface area contributed by atoms with Crippen LogP contribution in [0.15, 0.2) is 60.7 Å². The van der Waals surface area contributed by atoms with E-state index in [4.69, 9.17) is 16.3 Å². The van der Waals surface area contributed by atoms with E-state index in [-0.39, 0.29) is 30.3 Å². The zero-order chi connectivity index (χ0) is 27.3. The largest absolute Gasteiger partial charge is 0.359 e. The van der Waals surface area contributed by atoms with E-state index in [0.29, 0.717) is 16.6 Å². The summed E-state index contributed by atoms with van der Waals surface area (Å²) in [6.07, 6.45) is 7.31. The second-order valence-electron chi connectivity index (χ2n) is 11.5. The van der Waals surface area contributed by atoms with Gasteiger partial charge in [0.1, 0.15) is 11.6 Å². The molecule has 204 valence electrons. The van der Waals surface area contributed by atoms with Crippen LogP contribution in [0.3, 0.4) is 0 Å². The Morgan fingerprint density at radius 2 is 1.90 bits per heavy atom. The molecule has 3 amide bonds. The predicted molar refractivity (Wildman–Crippen MR) is 149 cm³/mol. The van der Waals surface area contributed by atoms with Gasteiger partial charge in [0.15, 0.2) is 0 Å². The minimum Gasteiger partial charge on any atom is -0.359 e. The highest BCUT2D eigenvalue weighted by atomic mass is 35.5. The Hall–Kier alpha value is -3.16. The fourth-order valence-corrected chi connectivity index (χ4v) is 7.18. The van der Waals surface area contributed by atoms with E-state index in [0.717, 1.165) is 36.8 Å². The number of fused-ring (bicyclic) bond motifs is 1. The Kier molecular flexibility index (Phi) is 6.76. The molecule has 3 heterocycles. The monoisotopic (exact) mass is 547 g/mol. The summed E-state index contributed by atoms with van der Waals surface area (Å²) < 4.78 is 6.47. The van der Waals surface area contributed by atoms with Crippen molar-refractivity contribution in [1.29, 1.82) is 0 Å². The normalized spacial score (nSPS) is 32.8. The number of carbonyl (C=O) groups excluding carboxylic acids is 3. The Balaban J connectivity index is 1.34. The number of hydrogen-bond acceptors (Lipinski definition) is 4. The Morgan fingerprint density at radius 1 is 1.10 bits per heavy atom. The zero-order valence-corrected chi connectivity index (χ0v) is 23.0. The maximum absolute atomic E-state index is 14.2. The molecule has 3 aliphatic heterocycles. The molecule has 0 aromatic heterocycles. The molecule has 2 saturated heterocycles. The number of hydrogen-bond donors (Lipinski definition) is 2. The van der Waals surface area contributed by atoms with Crippen molar-refractivity contribution in [2.75, 3.05) is 5.32 Å². The van der Waals surface area contributed by atoms with E-state index in [1.54, 1.807) is 11.0 Å². The van der Waals surface area contributed by atoms with Crippen molar-refractivity contribution >= 4 is 35.0 Å². The molecule has 3 fully saturated rings. The van der Waals surface area contributed by atoms with Gasteiger partial charge in [-0.1, -0.05) is 73.9 Å². The van der Waals surface area contributed by atoms with E-state index in [1.165, 1.54) is 0 Å². The van der Waals surface area contributed by atoms with Crippen molar-refractivity contribution in [3.05, 3.63) is 76.8 Å². The van der Waals surface area contributed by atoms with Crippen LogP contribution in [0.4, 0.5) is 5.69 Å². The summed E-state index contributed by atoms with van der Waals surface area (Å²) in [4.78, 5) is 43.5. The van der Waals surface area contributed by atoms with Crippen molar-refractivity contribution in [2.24, 2.45) is 17.8 Å². The Bertz CT molecular complexity index is 1340. The van der Waals surface area contributed by atoms with Gasteiger partial charge in [0, 0.05) is 23.3 Å². The fraction of sp³-hybridized carbons (Fsp3) is 0.452. The maximum Gasteiger partial charge on any atom is 0.246 e. The number of benzene rings is 2. The number of anilines is 1. The van der Waals surface area contributed by atoms with Crippen LogP contribution >= 0.6 is 11.6 Å². The van der Waals surface area contributed by atoms with Gasteiger partial charge in [-0.25, -0.2) is 0 Å². The van der Waals surface area contributed by atoms with Gasteiger partial charge >= 0.3 is 0 Å². The smallest absolute Gasteiger partial charge is 0.246 e. The molecular formula is C31H34ClN3O4.